The fourth-order valence-corrected chi connectivity index (χ4v) is 3.70. The molecule has 0 bridgehead atoms. The number of hydrogen-bond acceptors (Lipinski definition) is 3. The summed E-state index contributed by atoms with van der Waals surface area (Å²) < 4.78 is 39.6. The standard InChI is InChI=1S/C20H17FN2O3S/c1-23(27(25,26)19-8-3-2-4-9-19)18-12-10-15(11-13-18)20(24)22-17-7-5-6-16(21)14-17/h2-14H,1H3,(H,22,24). The molecule has 0 saturated carbocycles. The molecule has 3 aromatic carbocycles. The number of carbonyl (C=O) groups is 1. The molecule has 3 aromatic rings. The predicted octanol–water partition coefficient (Wildman–Crippen LogP) is 3.90. The first-order valence-electron chi connectivity index (χ1n) is 8.09. The molecule has 0 aliphatic rings. The summed E-state index contributed by atoms with van der Waals surface area (Å²) >= 11 is 0. The average molecular weight is 384 g/mol. The number of amides is 1. The van der Waals surface area contributed by atoms with Crippen molar-refractivity contribution in [3.63, 3.8) is 0 Å². The summed E-state index contributed by atoms with van der Waals surface area (Å²) in [6, 6.07) is 19.8. The van der Waals surface area contributed by atoms with Gasteiger partial charge in [0.1, 0.15) is 5.82 Å². The van der Waals surface area contributed by atoms with Gasteiger partial charge in [-0.15, -0.1) is 0 Å². The number of nitrogens with one attached hydrogen (secondary N) is 1. The number of benzene rings is 3. The largest absolute Gasteiger partial charge is 0.322 e. The first kappa shape index (κ1) is 18.6. The molecule has 1 amide bonds. The van der Waals surface area contributed by atoms with E-state index in [9.17, 15) is 17.6 Å². The summed E-state index contributed by atoms with van der Waals surface area (Å²) in [7, 11) is -2.24. The fraction of sp³-hybridized carbons (Fsp3) is 0.0500. The fourth-order valence-electron chi connectivity index (χ4n) is 2.48. The first-order valence-corrected chi connectivity index (χ1v) is 9.53. The Balaban J connectivity index is 1.77. The molecule has 0 aromatic heterocycles. The lowest BCUT2D eigenvalue weighted by Gasteiger charge is -2.19. The average Bonchev–Trinajstić information content (AvgIpc) is 2.68. The van der Waals surface area contributed by atoms with Crippen LogP contribution in [0.3, 0.4) is 0 Å². The molecule has 27 heavy (non-hydrogen) atoms. The Bertz CT molecular complexity index is 1050. The van der Waals surface area contributed by atoms with Crippen molar-refractivity contribution in [3.8, 4) is 0 Å². The zero-order valence-corrected chi connectivity index (χ0v) is 15.3. The van der Waals surface area contributed by atoms with Crippen molar-refractivity contribution in [3.05, 3.63) is 90.2 Å². The third-order valence-corrected chi connectivity index (χ3v) is 5.78. The molecule has 0 aliphatic heterocycles. The van der Waals surface area contributed by atoms with E-state index in [1.165, 1.54) is 49.5 Å². The van der Waals surface area contributed by atoms with Crippen LogP contribution in [0.4, 0.5) is 15.8 Å². The maximum Gasteiger partial charge on any atom is 0.264 e. The minimum Gasteiger partial charge on any atom is -0.322 e. The van der Waals surface area contributed by atoms with Crippen molar-refractivity contribution in [1.29, 1.82) is 0 Å². The summed E-state index contributed by atoms with van der Waals surface area (Å²) in [4.78, 5) is 12.4. The van der Waals surface area contributed by atoms with Crippen LogP contribution in [0.1, 0.15) is 10.4 Å². The molecule has 0 radical (unpaired) electrons. The van der Waals surface area contributed by atoms with Crippen LogP contribution in [-0.4, -0.2) is 21.4 Å². The van der Waals surface area contributed by atoms with Gasteiger partial charge in [-0.2, -0.15) is 0 Å². The minimum atomic E-state index is -3.69. The van der Waals surface area contributed by atoms with Crippen LogP contribution in [0.2, 0.25) is 0 Å². The number of sulfonamides is 1. The summed E-state index contributed by atoms with van der Waals surface area (Å²) in [5, 5.41) is 2.59. The van der Waals surface area contributed by atoms with Gasteiger partial charge in [-0.05, 0) is 54.6 Å². The van der Waals surface area contributed by atoms with Gasteiger partial charge in [0.05, 0.1) is 10.6 Å². The SMILES string of the molecule is CN(c1ccc(C(=O)Nc2cccc(F)c2)cc1)S(=O)(=O)c1ccccc1. The van der Waals surface area contributed by atoms with E-state index >= 15 is 0 Å². The van der Waals surface area contributed by atoms with Crippen molar-refractivity contribution >= 4 is 27.3 Å². The molecule has 0 aliphatic carbocycles. The van der Waals surface area contributed by atoms with Gasteiger partial charge in [-0.3, -0.25) is 9.10 Å². The van der Waals surface area contributed by atoms with Gasteiger partial charge in [0.15, 0.2) is 0 Å². The lowest BCUT2D eigenvalue weighted by Crippen LogP contribution is -2.26. The smallest absolute Gasteiger partial charge is 0.264 e. The molecule has 0 fully saturated rings. The molecule has 0 saturated heterocycles. The Morgan fingerprint density at radius 3 is 2.22 bits per heavy atom. The van der Waals surface area contributed by atoms with Crippen LogP contribution >= 0.6 is 0 Å². The predicted molar refractivity (Wildman–Crippen MR) is 103 cm³/mol. The van der Waals surface area contributed by atoms with Gasteiger partial charge >= 0.3 is 0 Å². The van der Waals surface area contributed by atoms with Gasteiger partial charge in [0, 0.05) is 18.3 Å². The lowest BCUT2D eigenvalue weighted by molar-refractivity contribution is 0.102. The molecule has 0 unspecified atom stereocenters. The highest BCUT2D eigenvalue weighted by Gasteiger charge is 2.21. The highest BCUT2D eigenvalue weighted by molar-refractivity contribution is 7.92. The minimum absolute atomic E-state index is 0.181. The maximum absolute atomic E-state index is 13.2. The van der Waals surface area contributed by atoms with Crippen molar-refractivity contribution in [2.75, 3.05) is 16.7 Å². The normalized spacial score (nSPS) is 11.0. The summed E-state index contributed by atoms with van der Waals surface area (Å²) in [6.45, 7) is 0. The summed E-state index contributed by atoms with van der Waals surface area (Å²) in [5.41, 5.74) is 1.09. The molecular weight excluding hydrogens is 367 g/mol. The lowest BCUT2D eigenvalue weighted by atomic mass is 10.2. The highest BCUT2D eigenvalue weighted by Crippen LogP contribution is 2.22. The van der Waals surface area contributed by atoms with Gasteiger partial charge in [0.2, 0.25) is 0 Å². The Morgan fingerprint density at radius 1 is 0.926 bits per heavy atom. The zero-order chi connectivity index (χ0) is 19.4. The van der Waals surface area contributed by atoms with Crippen molar-refractivity contribution in [2.45, 2.75) is 4.90 Å². The zero-order valence-electron chi connectivity index (χ0n) is 14.5. The number of hydrogen-bond donors (Lipinski definition) is 1. The molecule has 3 rings (SSSR count). The second kappa shape index (κ2) is 7.59. The van der Waals surface area contributed by atoms with Gasteiger partial charge in [-0.25, -0.2) is 12.8 Å². The van der Waals surface area contributed by atoms with Crippen LogP contribution in [0.25, 0.3) is 0 Å². The van der Waals surface area contributed by atoms with Crippen LogP contribution in [-0.2, 0) is 10.0 Å². The Hall–Kier alpha value is -3.19. The number of halogens is 1. The topological polar surface area (TPSA) is 66.5 Å². The number of nitrogens with zero attached hydrogens (tertiary/aromatic N) is 1. The Morgan fingerprint density at radius 2 is 1.59 bits per heavy atom. The molecule has 138 valence electrons. The van der Waals surface area contributed by atoms with Crippen LogP contribution in [0, 0.1) is 5.82 Å². The van der Waals surface area contributed by atoms with Gasteiger partial charge in [0.25, 0.3) is 15.9 Å². The van der Waals surface area contributed by atoms with Gasteiger partial charge in [-0.1, -0.05) is 24.3 Å². The van der Waals surface area contributed by atoms with Crippen LogP contribution < -0.4 is 9.62 Å². The number of anilines is 2. The molecule has 0 heterocycles. The summed E-state index contributed by atoms with van der Waals surface area (Å²) in [6.07, 6.45) is 0. The van der Waals surface area contributed by atoms with E-state index in [1.54, 1.807) is 36.4 Å². The highest BCUT2D eigenvalue weighted by atomic mass is 32.2. The van der Waals surface area contributed by atoms with E-state index in [2.05, 4.69) is 5.32 Å². The number of rotatable bonds is 5. The van der Waals surface area contributed by atoms with E-state index in [1.807, 2.05) is 0 Å². The second-order valence-corrected chi connectivity index (χ2v) is 7.77. The molecular formula is C20H17FN2O3S. The van der Waals surface area contributed by atoms with E-state index in [-0.39, 0.29) is 4.90 Å². The van der Waals surface area contributed by atoms with E-state index in [4.69, 9.17) is 0 Å². The molecule has 7 heteroatoms. The second-order valence-electron chi connectivity index (χ2n) is 5.80. The molecule has 0 atom stereocenters. The first-order chi connectivity index (χ1) is 12.9. The van der Waals surface area contributed by atoms with E-state index in [0.29, 0.717) is 16.9 Å². The molecule has 5 nitrogen and oxygen atoms in total. The van der Waals surface area contributed by atoms with Gasteiger partial charge < -0.3 is 5.32 Å². The monoisotopic (exact) mass is 384 g/mol. The van der Waals surface area contributed by atoms with Crippen molar-refractivity contribution in [2.24, 2.45) is 0 Å². The quantitative estimate of drug-likeness (QED) is 0.725. The van der Waals surface area contributed by atoms with E-state index in [0.717, 1.165) is 4.31 Å². The van der Waals surface area contributed by atoms with E-state index < -0.39 is 21.7 Å². The van der Waals surface area contributed by atoms with Crippen LogP contribution in [0.15, 0.2) is 83.8 Å². The third-order valence-electron chi connectivity index (χ3n) is 3.98. The maximum atomic E-state index is 13.2. The summed E-state index contributed by atoms with van der Waals surface area (Å²) in [5.74, 6) is -0.864. The van der Waals surface area contributed by atoms with Crippen LogP contribution in [0.5, 0.6) is 0 Å². The molecule has 1 N–H and O–H groups in total. The van der Waals surface area contributed by atoms with Crippen molar-refractivity contribution < 1.29 is 17.6 Å². The van der Waals surface area contributed by atoms with Crippen molar-refractivity contribution in [1.82, 2.24) is 0 Å². The number of carbonyl (C=O) groups excluding carboxylic acids is 1. The third kappa shape index (κ3) is 4.15. The Labute approximate surface area is 157 Å². The molecule has 0 spiro atoms. The Kier molecular flexibility index (Phi) is 5.23.